The van der Waals surface area contributed by atoms with Gasteiger partial charge in [-0.15, -0.1) is 0 Å². The average molecular weight is 376 g/mol. The van der Waals surface area contributed by atoms with Crippen LogP contribution in [-0.4, -0.2) is 27.5 Å². The monoisotopic (exact) mass is 376 g/mol. The first-order chi connectivity index (χ1) is 12.3. The van der Waals surface area contributed by atoms with Gasteiger partial charge in [0.1, 0.15) is 5.75 Å². The van der Waals surface area contributed by atoms with Crippen molar-refractivity contribution in [2.45, 2.75) is 25.7 Å². The van der Waals surface area contributed by atoms with Gasteiger partial charge in [-0.1, -0.05) is 26.0 Å². The molecule has 7 heteroatoms. The summed E-state index contributed by atoms with van der Waals surface area (Å²) < 4.78 is 32.4. The van der Waals surface area contributed by atoms with Gasteiger partial charge in [-0.25, -0.2) is 13.1 Å². The number of carbonyl (C=O) groups excluding carboxylic acids is 1. The Kier molecular flexibility index (Phi) is 6.76. The molecule has 0 bridgehead atoms. The van der Waals surface area contributed by atoms with Gasteiger partial charge in [0.05, 0.1) is 17.2 Å². The molecule has 2 rings (SSSR count). The number of hydrogen-bond acceptors (Lipinski definition) is 4. The molecule has 0 heterocycles. The molecule has 0 spiro atoms. The molecule has 0 aliphatic heterocycles. The fourth-order valence-corrected chi connectivity index (χ4v) is 3.40. The van der Waals surface area contributed by atoms with Gasteiger partial charge in [-0.2, -0.15) is 0 Å². The lowest BCUT2D eigenvalue weighted by atomic mass is 10.2. The lowest BCUT2D eigenvalue weighted by Gasteiger charge is -2.12. The summed E-state index contributed by atoms with van der Waals surface area (Å²) in [5.74, 6) is 0.455. The molecule has 0 saturated heterocycles. The normalized spacial score (nSPS) is 11.4. The summed E-state index contributed by atoms with van der Waals surface area (Å²) in [7, 11) is -3.57. The van der Waals surface area contributed by atoms with Gasteiger partial charge in [-0.3, -0.25) is 4.79 Å². The maximum absolute atomic E-state index is 12.4. The maximum atomic E-state index is 12.4. The van der Waals surface area contributed by atoms with Crippen molar-refractivity contribution in [2.75, 3.05) is 18.5 Å². The van der Waals surface area contributed by atoms with E-state index in [1.54, 1.807) is 18.2 Å². The Labute approximate surface area is 154 Å². The highest BCUT2D eigenvalue weighted by Gasteiger charge is 2.15. The molecule has 26 heavy (non-hydrogen) atoms. The van der Waals surface area contributed by atoms with Crippen molar-refractivity contribution >= 4 is 21.6 Å². The standard InChI is InChI=1S/C19H24N2O4S/c1-4-25-18-8-6-5-7-17(18)21-19(22)15-9-11-16(12-10-15)26(23,24)20-13-14(2)3/h5-12,14,20H,4,13H2,1-3H3,(H,21,22). The number of benzene rings is 2. The largest absolute Gasteiger partial charge is 0.492 e. The minimum atomic E-state index is -3.57. The van der Waals surface area contributed by atoms with Crippen LogP contribution in [-0.2, 0) is 10.0 Å². The second kappa shape index (κ2) is 8.82. The van der Waals surface area contributed by atoms with E-state index < -0.39 is 10.0 Å². The number of rotatable bonds is 8. The van der Waals surface area contributed by atoms with Gasteiger partial charge < -0.3 is 10.1 Å². The highest BCUT2D eigenvalue weighted by atomic mass is 32.2. The van der Waals surface area contributed by atoms with Crippen LogP contribution in [0.3, 0.4) is 0 Å². The second-order valence-corrected chi connectivity index (χ2v) is 7.92. The Balaban J connectivity index is 2.12. The second-order valence-electron chi connectivity index (χ2n) is 6.15. The summed E-state index contributed by atoms with van der Waals surface area (Å²) in [6.07, 6.45) is 0. The van der Waals surface area contributed by atoms with E-state index in [-0.39, 0.29) is 16.7 Å². The number of amides is 1. The Bertz CT molecular complexity index is 846. The predicted molar refractivity (Wildman–Crippen MR) is 102 cm³/mol. The molecular weight excluding hydrogens is 352 g/mol. The van der Waals surface area contributed by atoms with Crippen LogP contribution in [0.5, 0.6) is 5.75 Å². The molecular formula is C19H24N2O4S. The number of sulfonamides is 1. The third-order valence-corrected chi connectivity index (χ3v) is 4.98. The number of carbonyl (C=O) groups is 1. The summed E-state index contributed by atoms with van der Waals surface area (Å²) in [5.41, 5.74) is 0.925. The molecule has 2 aromatic rings. The molecule has 0 unspecified atom stereocenters. The van der Waals surface area contributed by atoms with E-state index in [0.29, 0.717) is 30.2 Å². The quantitative estimate of drug-likeness (QED) is 0.740. The van der Waals surface area contributed by atoms with Gasteiger partial charge in [0.25, 0.3) is 5.91 Å². The fraction of sp³-hybridized carbons (Fsp3) is 0.316. The molecule has 0 aromatic heterocycles. The zero-order valence-electron chi connectivity index (χ0n) is 15.2. The lowest BCUT2D eigenvalue weighted by Crippen LogP contribution is -2.27. The molecule has 140 valence electrons. The molecule has 0 fully saturated rings. The molecule has 2 aromatic carbocycles. The van der Waals surface area contributed by atoms with Gasteiger partial charge in [-0.05, 0) is 49.2 Å². The molecule has 1 amide bonds. The van der Waals surface area contributed by atoms with Crippen LogP contribution in [0.4, 0.5) is 5.69 Å². The maximum Gasteiger partial charge on any atom is 0.255 e. The van der Waals surface area contributed by atoms with Crippen molar-refractivity contribution in [1.82, 2.24) is 4.72 Å². The van der Waals surface area contributed by atoms with Gasteiger partial charge in [0.2, 0.25) is 10.0 Å². The zero-order valence-corrected chi connectivity index (χ0v) is 16.0. The van der Waals surface area contributed by atoms with E-state index in [1.165, 1.54) is 24.3 Å². The van der Waals surface area contributed by atoms with Gasteiger partial charge in [0.15, 0.2) is 0 Å². The summed E-state index contributed by atoms with van der Waals surface area (Å²) >= 11 is 0. The van der Waals surface area contributed by atoms with Crippen LogP contribution < -0.4 is 14.8 Å². The van der Waals surface area contributed by atoms with Crippen molar-refractivity contribution < 1.29 is 17.9 Å². The first kappa shape index (κ1) is 19.9. The number of para-hydroxylation sites is 2. The van der Waals surface area contributed by atoms with E-state index in [1.807, 2.05) is 26.8 Å². The van der Waals surface area contributed by atoms with E-state index >= 15 is 0 Å². The van der Waals surface area contributed by atoms with Gasteiger partial charge in [0, 0.05) is 12.1 Å². The van der Waals surface area contributed by atoms with E-state index in [0.717, 1.165) is 0 Å². The Morgan fingerprint density at radius 1 is 1.08 bits per heavy atom. The van der Waals surface area contributed by atoms with Crippen LogP contribution in [0.15, 0.2) is 53.4 Å². The highest BCUT2D eigenvalue weighted by molar-refractivity contribution is 7.89. The van der Waals surface area contributed by atoms with Crippen molar-refractivity contribution in [3.8, 4) is 5.75 Å². The number of ether oxygens (including phenoxy) is 1. The zero-order chi connectivity index (χ0) is 19.2. The summed E-state index contributed by atoms with van der Waals surface area (Å²) in [4.78, 5) is 12.5. The lowest BCUT2D eigenvalue weighted by molar-refractivity contribution is 0.102. The minimum Gasteiger partial charge on any atom is -0.492 e. The Morgan fingerprint density at radius 2 is 1.73 bits per heavy atom. The van der Waals surface area contributed by atoms with E-state index in [9.17, 15) is 13.2 Å². The number of anilines is 1. The van der Waals surface area contributed by atoms with E-state index in [2.05, 4.69) is 10.0 Å². The van der Waals surface area contributed by atoms with Crippen LogP contribution in [0.2, 0.25) is 0 Å². The number of hydrogen-bond donors (Lipinski definition) is 2. The molecule has 0 atom stereocenters. The van der Waals surface area contributed by atoms with Gasteiger partial charge >= 0.3 is 0 Å². The van der Waals surface area contributed by atoms with Crippen LogP contribution in [0, 0.1) is 5.92 Å². The first-order valence-electron chi connectivity index (χ1n) is 8.46. The summed E-state index contributed by atoms with van der Waals surface area (Å²) in [6, 6.07) is 13.0. The highest BCUT2D eigenvalue weighted by Crippen LogP contribution is 2.24. The van der Waals surface area contributed by atoms with Crippen molar-refractivity contribution in [3.05, 3.63) is 54.1 Å². The Morgan fingerprint density at radius 3 is 2.35 bits per heavy atom. The van der Waals surface area contributed by atoms with E-state index in [4.69, 9.17) is 4.74 Å². The average Bonchev–Trinajstić information content (AvgIpc) is 2.62. The molecule has 0 aliphatic rings. The molecule has 0 radical (unpaired) electrons. The third-order valence-electron chi connectivity index (χ3n) is 3.54. The summed E-state index contributed by atoms with van der Waals surface area (Å²) in [5, 5.41) is 2.78. The van der Waals surface area contributed by atoms with Crippen LogP contribution >= 0.6 is 0 Å². The first-order valence-corrected chi connectivity index (χ1v) is 9.94. The SMILES string of the molecule is CCOc1ccccc1NC(=O)c1ccc(S(=O)(=O)NCC(C)C)cc1. The fourth-order valence-electron chi connectivity index (χ4n) is 2.19. The number of nitrogens with one attached hydrogen (secondary N) is 2. The molecule has 6 nitrogen and oxygen atoms in total. The predicted octanol–water partition coefficient (Wildman–Crippen LogP) is 3.27. The Hall–Kier alpha value is -2.38. The van der Waals surface area contributed by atoms with Crippen LogP contribution in [0.1, 0.15) is 31.1 Å². The topological polar surface area (TPSA) is 84.5 Å². The third kappa shape index (κ3) is 5.31. The van der Waals surface area contributed by atoms with Crippen LogP contribution in [0.25, 0.3) is 0 Å². The molecule has 2 N–H and O–H groups in total. The van der Waals surface area contributed by atoms with Crippen molar-refractivity contribution in [2.24, 2.45) is 5.92 Å². The minimum absolute atomic E-state index is 0.129. The molecule has 0 saturated carbocycles. The van der Waals surface area contributed by atoms with Crippen molar-refractivity contribution in [3.63, 3.8) is 0 Å². The smallest absolute Gasteiger partial charge is 0.255 e. The molecule has 0 aliphatic carbocycles. The summed E-state index contributed by atoms with van der Waals surface area (Å²) in [6.45, 7) is 6.57. The van der Waals surface area contributed by atoms with Crippen molar-refractivity contribution in [1.29, 1.82) is 0 Å².